The second-order valence-electron chi connectivity index (χ2n) is 4.49. The monoisotopic (exact) mass is 241 g/mol. The van der Waals surface area contributed by atoms with E-state index >= 15 is 0 Å². The molecule has 0 saturated carbocycles. The van der Waals surface area contributed by atoms with Crippen LogP contribution in [0.3, 0.4) is 0 Å². The summed E-state index contributed by atoms with van der Waals surface area (Å²) in [6.45, 7) is 4.21. The normalized spacial score (nSPS) is 10.2. The molecule has 0 radical (unpaired) electrons. The Morgan fingerprint density at radius 1 is 1.00 bits per heavy atom. The third kappa shape index (κ3) is 2.33. The van der Waals surface area contributed by atoms with E-state index in [-0.39, 0.29) is 0 Å². The molecule has 94 valence electrons. The molecule has 0 unspecified atom stereocenters. The Bertz CT molecular complexity index is 544. The lowest BCUT2D eigenvalue weighted by Gasteiger charge is -2.13. The molecule has 0 atom stereocenters. The van der Waals surface area contributed by atoms with Crippen molar-refractivity contribution in [1.29, 1.82) is 0 Å². The van der Waals surface area contributed by atoms with Crippen molar-refractivity contribution in [2.24, 2.45) is 0 Å². The maximum atomic E-state index is 5.50. The van der Waals surface area contributed by atoms with Crippen LogP contribution in [0.4, 0.5) is 5.69 Å². The highest BCUT2D eigenvalue weighted by Crippen LogP contribution is 2.34. The fraction of sp³-hybridized carbons (Fsp3) is 0.250. The van der Waals surface area contributed by atoms with Crippen molar-refractivity contribution in [3.63, 3.8) is 0 Å². The van der Waals surface area contributed by atoms with Crippen LogP contribution in [0.25, 0.3) is 11.1 Å². The van der Waals surface area contributed by atoms with Gasteiger partial charge in [0.25, 0.3) is 0 Å². The van der Waals surface area contributed by atoms with E-state index in [1.165, 1.54) is 22.3 Å². The minimum Gasteiger partial charge on any atom is -0.496 e. The summed E-state index contributed by atoms with van der Waals surface area (Å²) in [5, 5.41) is 3.13. The minimum atomic E-state index is 0.935. The van der Waals surface area contributed by atoms with E-state index in [1.807, 2.05) is 7.05 Å². The average molecular weight is 241 g/mol. The zero-order valence-electron chi connectivity index (χ0n) is 11.4. The summed E-state index contributed by atoms with van der Waals surface area (Å²) in [6.07, 6.45) is 0. The van der Waals surface area contributed by atoms with Gasteiger partial charge in [-0.2, -0.15) is 0 Å². The van der Waals surface area contributed by atoms with Gasteiger partial charge in [0, 0.05) is 18.3 Å². The van der Waals surface area contributed by atoms with Crippen LogP contribution in [-0.4, -0.2) is 14.2 Å². The van der Waals surface area contributed by atoms with Crippen LogP contribution in [0.1, 0.15) is 11.1 Å². The van der Waals surface area contributed by atoms with E-state index in [2.05, 4.69) is 55.6 Å². The average Bonchev–Trinajstić information content (AvgIpc) is 2.38. The summed E-state index contributed by atoms with van der Waals surface area (Å²) >= 11 is 0. The number of rotatable bonds is 3. The highest BCUT2D eigenvalue weighted by molar-refractivity contribution is 5.75. The molecule has 0 amide bonds. The summed E-state index contributed by atoms with van der Waals surface area (Å²) in [7, 11) is 3.65. The molecule has 0 bridgehead atoms. The lowest BCUT2D eigenvalue weighted by atomic mass is 9.97. The molecule has 0 heterocycles. The quantitative estimate of drug-likeness (QED) is 0.876. The SMILES string of the molecule is CNc1ccc(-c2c(C)cc(C)cc2OC)cc1. The van der Waals surface area contributed by atoms with E-state index < -0.39 is 0 Å². The maximum absolute atomic E-state index is 5.50. The highest BCUT2D eigenvalue weighted by atomic mass is 16.5. The molecule has 0 fully saturated rings. The first-order valence-electron chi connectivity index (χ1n) is 6.09. The second kappa shape index (κ2) is 5.13. The zero-order valence-corrected chi connectivity index (χ0v) is 11.4. The van der Waals surface area contributed by atoms with Crippen LogP contribution in [-0.2, 0) is 0 Å². The Morgan fingerprint density at radius 3 is 2.22 bits per heavy atom. The second-order valence-corrected chi connectivity index (χ2v) is 4.49. The molecule has 0 aliphatic heterocycles. The van der Waals surface area contributed by atoms with Crippen molar-refractivity contribution in [2.45, 2.75) is 13.8 Å². The van der Waals surface area contributed by atoms with Gasteiger partial charge >= 0.3 is 0 Å². The number of benzene rings is 2. The van der Waals surface area contributed by atoms with E-state index in [1.54, 1.807) is 7.11 Å². The molecular formula is C16H19NO. The van der Waals surface area contributed by atoms with Crippen LogP contribution in [0.15, 0.2) is 36.4 Å². The molecule has 0 spiro atoms. The summed E-state index contributed by atoms with van der Waals surface area (Å²) in [4.78, 5) is 0. The van der Waals surface area contributed by atoms with E-state index in [9.17, 15) is 0 Å². The molecule has 2 aromatic rings. The van der Waals surface area contributed by atoms with Gasteiger partial charge in [-0.15, -0.1) is 0 Å². The van der Waals surface area contributed by atoms with E-state index in [4.69, 9.17) is 4.74 Å². The van der Waals surface area contributed by atoms with Crippen molar-refractivity contribution < 1.29 is 4.74 Å². The van der Waals surface area contributed by atoms with Gasteiger partial charge in [0.15, 0.2) is 0 Å². The lowest BCUT2D eigenvalue weighted by molar-refractivity contribution is 0.416. The van der Waals surface area contributed by atoms with Gasteiger partial charge in [-0.3, -0.25) is 0 Å². The predicted octanol–water partition coefficient (Wildman–Crippen LogP) is 4.02. The third-order valence-corrected chi connectivity index (χ3v) is 3.13. The number of aryl methyl sites for hydroxylation is 2. The lowest BCUT2D eigenvalue weighted by Crippen LogP contribution is -1.93. The van der Waals surface area contributed by atoms with Crippen molar-refractivity contribution in [3.8, 4) is 16.9 Å². The van der Waals surface area contributed by atoms with Crippen molar-refractivity contribution in [2.75, 3.05) is 19.5 Å². The molecule has 2 rings (SSSR count). The van der Waals surface area contributed by atoms with Gasteiger partial charge in [0.05, 0.1) is 7.11 Å². The Labute approximate surface area is 109 Å². The van der Waals surface area contributed by atoms with Crippen LogP contribution < -0.4 is 10.1 Å². The molecule has 0 aliphatic rings. The first-order chi connectivity index (χ1) is 8.65. The number of hydrogen-bond acceptors (Lipinski definition) is 2. The summed E-state index contributed by atoms with van der Waals surface area (Å²) in [5.41, 5.74) is 5.93. The molecule has 2 aromatic carbocycles. The molecule has 0 aromatic heterocycles. The van der Waals surface area contributed by atoms with E-state index in [0.717, 1.165) is 11.4 Å². The number of nitrogens with one attached hydrogen (secondary N) is 1. The standard InChI is InChI=1S/C16H19NO/c1-11-9-12(2)16(15(10-11)18-4)13-5-7-14(17-3)8-6-13/h5-10,17H,1-4H3. The largest absolute Gasteiger partial charge is 0.496 e. The number of hydrogen-bond donors (Lipinski definition) is 1. The van der Waals surface area contributed by atoms with E-state index in [0.29, 0.717) is 0 Å². The topological polar surface area (TPSA) is 21.3 Å². The maximum Gasteiger partial charge on any atom is 0.127 e. The minimum absolute atomic E-state index is 0.935. The van der Waals surface area contributed by atoms with Gasteiger partial charge < -0.3 is 10.1 Å². The molecule has 0 aliphatic carbocycles. The van der Waals surface area contributed by atoms with Gasteiger partial charge in [0.2, 0.25) is 0 Å². The van der Waals surface area contributed by atoms with Crippen LogP contribution >= 0.6 is 0 Å². The van der Waals surface area contributed by atoms with Gasteiger partial charge in [-0.1, -0.05) is 18.2 Å². The van der Waals surface area contributed by atoms with Crippen molar-refractivity contribution in [1.82, 2.24) is 0 Å². The molecule has 2 nitrogen and oxygen atoms in total. The summed E-state index contributed by atoms with van der Waals surface area (Å²) in [5.74, 6) is 0.935. The first kappa shape index (κ1) is 12.5. The Hall–Kier alpha value is -1.96. The predicted molar refractivity (Wildman–Crippen MR) is 77.5 cm³/mol. The smallest absolute Gasteiger partial charge is 0.127 e. The number of ether oxygens (including phenoxy) is 1. The number of anilines is 1. The van der Waals surface area contributed by atoms with Gasteiger partial charge in [0.1, 0.15) is 5.75 Å². The zero-order chi connectivity index (χ0) is 13.1. The fourth-order valence-corrected chi connectivity index (χ4v) is 2.26. The summed E-state index contributed by atoms with van der Waals surface area (Å²) in [6, 6.07) is 12.7. The third-order valence-electron chi connectivity index (χ3n) is 3.13. The fourth-order valence-electron chi connectivity index (χ4n) is 2.26. The van der Waals surface area contributed by atoms with Crippen LogP contribution in [0.2, 0.25) is 0 Å². The molecule has 0 saturated heterocycles. The molecule has 1 N–H and O–H groups in total. The first-order valence-corrected chi connectivity index (χ1v) is 6.09. The van der Waals surface area contributed by atoms with Crippen LogP contribution in [0.5, 0.6) is 5.75 Å². The Balaban J connectivity index is 2.55. The van der Waals surface area contributed by atoms with Crippen molar-refractivity contribution >= 4 is 5.69 Å². The molecule has 2 heteroatoms. The van der Waals surface area contributed by atoms with Crippen LogP contribution in [0, 0.1) is 13.8 Å². The summed E-state index contributed by atoms with van der Waals surface area (Å²) < 4.78 is 5.50. The molecule has 18 heavy (non-hydrogen) atoms. The Kier molecular flexibility index (Phi) is 3.56. The van der Waals surface area contributed by atoms with Gasteiger partial charge in [-0.05, 0) is 48.7 Å². The molecular weight excluding hydrogens is 222 g/mol. The number of methoxy groups -OCH3 is 1. The van der Waals surface area contributed by atoms with Gasteiger partial charge in [-0.25, -0.2) is 0 Å². The van der Waals surface area contributed by atoms with Crippen molar-refractivity contribution in [3.05, 3.63) is 47.5 Å². The highest BCUT2D eigenvalue weighted by Gasteiger charge is 2.09. The Morgan fingerprint density at radius 2 is 1.67 bits per heavy atom.